The summed E-state index contributed by atoms with van der Waals surface area (Å²) in [6.45, 7) is 7.29. The van der Waals surface area contributed by atoms with Crippen molar-refractivity contribution in [3.63, 3.8) is 0 Å². The van der Waals surface area contributed by atoms with Crippen molar-refractivity contribution in [3.05, 3.63) is 57.5 Å². The van der Waals surface area contributed by atoms with Gasteiger partial charge in [-0.05, 0) is 45.2 Å². The van der Waals surface area contributed by atoms with Crippen molar-refractivity contribution in [2.45, 2.75) is 51.6 Å². The Hall–Kier alpha value is -2.54. The molecule has 0 spiro atoms. The molecule has 4 heterocycles. The summed E-state index contributed by atoms with van der Waals surface area (Å²) >= 11 is 0. The van der Waals surface area contributed by atoms with Crippen molar-refractivity contribution in [1.82, 2.24) is 24.8 Å². The third-order valence-electron chi connectivity index (χ3n) is 5.90. The lowest BCUT2D eigenvalue weighted by molar-refractivity contribution is 0.0705. The molecule has 28 heavy (non-hydrogen) atoms. The minimum Gasteiger partial charge on any atom is -0.337 e. The number of rotatable bonds is 3. The number of nitrogens with one attached hydrogen (secondary N) is 1. The standard InChI is InChI=1S/C21H27N5O2/c1-14(2)26-12-8-16-18(13-26)23-19(24-20(16)27)15-6-10-25(11-7-15)21(28)17-5-3-4-9-22-17/h3-5,9,14-15H,6-8,10-13H2,1-2H3,(H,23,24,27). The summed E-state index contributed by atoms with van der Waals surface area (Å²) in [6, 6.07) is 5.83. The average molecular weight is 381 g/mol. The van der Waals surface area contributed by atoms with Gasteiger partial charge in [0.25, 0.3) is 11.5 Å². The van der Waals surface area contributed by atoms with Crippen LogP contribution in [0.2, 0.25) is 0 Å². The molecule has 0 saturated carbocycles. The first kappa shape index (κ1) is 18.8. The largest absolute Gasteiger partial charge is 0.337 e. The van der Waals surface area contributed by atoms with E-state index in [1.807, 2.05) is 17.0 Å². The van der Waals surface area contributed by atoms with Gasteiger partial charge in [0.05, 0.1) is 5.69 Å². The van der Waals surface area contributed by atoms with Crippen molar-refractivity contribution >= 4 is 5.91 Å². The van der Waals surface area contributed by atoms with Gasteiger partial charge in [0.2, 0.25) is 0 Å². The molecular formula is C21H27N5O2. The molecular weight excluding hydrogens is 354 g/mol. The van der Waals surface area contributed by atoms with Crippen LogP contribution in [0.5, 0.6) is 0 Å². The number of nitrogens with zero attached hydrogens (tertiary/aromatic N) is 4. The summed E-state index contributed by atoms with van der Waals surface area (Å²) in [6.07, 6.45) is 4.00. The second-order valence-corrected chi connectivity index (χ2v) is 7.97. The van der Waals surface area contributed by atoms with Crippen LogP contribution in [-0.2, 0) is 13.0 Å². The minimum atomic E-state index is -0.0291. The molecule has 2 aliphatic rings. The van der Waals surface area contributed by atoms with E-state index in [0.29, 0.717) is 24.8 Å². The van der Waals surface area contributed by atoms with E-state index in [4.69, 9.17) is 4.98 Å². The highest BCUT2D eigenvalue weighted by atomic mass is 16.2. The summed E-state index contributed by atoms with van der Waals surface area (Å²) in [5, 5.41) is 0. The van der Waals surface area contributed by atoms with Gasteiger partial charge in [0, 0.05) is 49.9 Å². The molecule has 1 fully saturated rings. The van der Waals surface area contributed by atoms with Crippen LogP contribution in [0.3, 0.4) is 0 Å². The van der Waals surface area contributed by atoms with Crippen molar-refractivity contribution in [2.24, 2.45) is 0 Å². The summed E-state index contributed by atoms with van der Waals surface area (Å²) in [4.78, 5) is 41.4. The minimum absolute atomic E-state index is 0.00963. The Morgan fingerprint density at radius 2 is 2.00 bits per heavy atom. The molecule has 0 radical (unpaired) electrons. The molecule has 1 N–H and O–H groups in total. The van der Waals surface area contributed by atoms with Crippen molar-refractivity contribution < 1.29 is 4.79 Å². The fourth-order valence-electron chi connectivity index (χ4n) is 4.12. The van der Waals surface area contributed by atoms with Gasteiger partial charge in [-0.15, -0.1) is 0 Å². The third kappa shape index (κ3) is 3.71. The number of aromatic nitrogens is 3. The molecule has 4 rings (SSSR count). The zero-order valence-corrected chi connectivity index (χ0v) is 16.5. The van der Waals surface area contributed by atoms with Gasteiger partial charge in [-0.3, -0.25) is 19.5 Å². The van der Waals surface area contributed by atoms with Gasteiger partial charge in [0.15, 0.2) is 0 Å². The summed E-state index contributed by atoms with van der Waals surface area (Å²) in [5.74, 6) is 0.929. The molecule has 148 valence electrons. The first-order valence-corrected chi connectivity index (χ1v) is 10.1. The van der Waals surface area contributed by atoms with Crippen LogP contribution in [0, 0.1) is 0 Å². The number of pyridine rings is 1. The van der Waals surface area contributed by atoms with Gasteiger partial charge in [-0.1, -0.05) is 6.07 Å². The van der Waals surface area contributed by atoms with Crippen LogP contribution in [-0.4, -0.2) is 56.3 Å². The van der Waals surface area contributed by atoms with Crippen LogP contribution in [0.4, 0.5) is 0 Å². The second kappa shape index (κ2) is 7.83. The smallest absolute Gasteiger partial charge is 0.272 e. The lowest BCUT2D eigenvalue weighted by Gasteiger charge is -2.33. The maximum Gasteiger partial charge on any atom is 0.272 e. The van der Waals surface area contributed by atoms with E-state index in [1.165, 1.54) is 0 Å². The van der Waals surface area contributed by atoms with E-state index < -0.39 is 0 Å². The number of amides is 1. The normalized spacial score (nSPS) is 18.3. The molecule has 7 heteroatoms. The Kier molecular flexibility index (Phi) is 5.26. The molecule has 0 unspecified atom stereocenters. The Morgan fingerprint density at radius 3 is 2.68 bits per heavy atom. The molecule has 0 aromatic carbocycles. The number of piperidine rings is 1. The van der Waals surface area contributed by atoms with Gasteiger partial charge in [-0.2, -0.15) is 0 Å². The molecule has 0 bridgehead atoms. The third-order valence-corrected chi connectivity index (χ3v) is 5.90. The molecule has 0 atom stereocenters. The fraction of sp³-hybridized carbons (Fsp3) is 0.524. The van der Waals surface area contributed by atoms with Gasteiger partial charge < -0.3 is 9.88 Å². The van der Waals surface area contributed by atoms with E-state index >= 15 is 0 Å². The SMILES string of the molecule is CC(C)N1CCc2c(nc(C3CCN(C(=O)c4ccccn4)CC3)[nH]c2=O)C1. The topological polar surface area (TPSA) is 82.2 Å². The number of hydrogen-bond donors (Lipinski definition) is 1. The Labute approximate surface area is 164 Å². The highest BCUT2D eigenvalue weighted by Gasteiger charge is 2.28. The summed E-state index contributed by atoms with van der Waals surface area (Å²) in [5.41, 5.74) is 2.25. The number of hydrogen-bond acceptors (Lipinski definition) is 5. The van der Waals surface area contributed by atoms with Crippen LogP contribution < -0.4 is 5.56 Å². The van der Waals surface area contributed by atoms with E-state index in [2.05, 4.69) is 28.7 Å². The van der Waals surface area contributed by atoms with Crippen molar-refractivity contribution in [3.8, 4) is 0 Å². The van der Waals surface area contributed by atoms with E-state index in [-0.39, 0.29) is 17.4 Å². The zero-order valence-electron chi connectivity index (χ0n) is 16.5. The number of aromatic amines is 1. The molecule has 1 saturated heterocycles. The Balaban J connectivity index is 1.47. The molecule has 7 nitrogen and oxygen atoms in total. The van der Waals surface area contributed by atoms with Gasteiger partial charge in [0.1, 0.15) is 11.5 Å². The van der Waals surface area contributed by atoms with Crippen LogP contribution in [0.1, 0.15) is 60.2 Å². The molecule has 0 aliphatic carbocycles. The van der Waals surface area contributed by atoms with Crippen LogP contribution >= 0.6 is 0 Å². The molecule has 1 amide bonds. The van der Waals surface area contributed by atoms with Crippen LogP contribution in [0.25, 0.3) is 0 Å². The van der Waals surface area contributed by atoms with Gasteiger partial charge in [-0.25, -0.2) is 4.98 Å². The Morgan fingerprint density at radius 1 is 1.21 bits per heavy atom. The van der Waals surface area contributed by atoms with E-state index in [0.717, 1.165) is 49.4 Å². The average Bonchev–Trinajstić information content (AvgIpc) is 2.73. The quantitative estimate of drug-likeness (QED) is 0.879. The highest BCUT2D eigenvalue weighted by molar-refractivity contribution is 5.92. The number of likely N-dealkylation sites (tertiary alicyclic amines) is 1. The molecule has 2 aromatic heterocycles. The Bertz CT molecular complexity index is 901. The number of carbonyl (C=O) groups excluding carboxylic acids is 1. The first-order chi connectivity index (χ1) is 13.5. The predicted molar refractivity (Wildman–Crippen MR) is 106 cm³/mol. The van der Waals surface area contributed by atoms with Gasteiger partial charge >= 0.3 is 0 Å². The van der Waals surface area contributed by atoms with Crippen molar-refractivity contribution in [1.29, 1.82) is 0 Å². The summed E-state index contributed by atoms with van der Waals surface area (Å²) in [7, 11) is 0. The first-order valence-electron chi connectivity index (χ1n) is 10.1. The number of carbonyl (C=O) groups is 1. The second-order valence-electron chi connectivity index (χ2n) is 7.97. The van der Waals surface area contributed by atoms with E-state index in [1.54, 1.807) is 12.3 Å². The zero-order chi connectivity index (χ0) is 19.7. The molecule has 2 aromatic rings. The highest BCUT2D eigenvalue weighted by Crippen LogP contribution is 2.27. The lowest BCUT2D eigenvalue weighted by atomic mass is 9.95. The molecule has 2 aliphatic heterocycles. The monoisotopic (exact) mass is 381 g/mol. The fourth-order valence-corrected chi connectivity index (χ4v) is 4.12. The van der Waals surface area contributed by atoms with Crippen LogP contribution in [0.15, 0.2) is 29.2 Å². The number of H-pyrrole nitrogens is 1. The van der Waals surface area contributed by atoms with Crippen molar-refractivity contribution in [2.75, 3.05) is 19.6 Å². The number of fused-ring (bicyclic) bond motifs is 1. The van der Waals surface area contributed by atoms with E-state index in [9.17, 15) is 9.59 Å². The lowest BCUT2D eigenvalue weighted by Crippen LogP contribution is -2.41. The maximum absolute atomic E-state index is 12.6. The summed E-state index contributed by atoms with van der Waals surface area (Å²) < 4.78 is 0. The maximum atomic E-state index is 12.6. The predicted octanol–water partition coefficient (Wildman–Crippen LogP) is 1.95.